The number of aromatic nitrogens is 6. The Morgan fingerprint density at radius 1 is 1.25 bits per heavy atom. The van der Waals surface area contributed by atoms with Crippen LogP contribution in [-0.4, -0.2) is 30.1 Å². The lowest BCUT2D eigenvalue weighted by atomic mass is 10.2. The van der Waals surface area contributed by atoms with Crippen molar-refractivity contribution in [3.8, 4) is 11.6 Å². The third-order valence-electron chi connectivity index (χ3n) is 2.73. The smallest absolute Gasteiger partial charge is 0.244 e. The summed E-state index contributed by atoms with van der Waals surface area (Å²) in [6.07, 6.45) is 7.24. The van der Waals surface area contributed by atoms with Crippen LogP contribution in [0.5, 0.6) is 0 Å². The highest BCUT2D eigenvalue weighted by Gasteiger charge is 2.17. The summed E-state index contributed by atoms with van der Waals surface area (Å²) in [5.41, 5.74) is 7.89. The Morgan fingerprint density at radius 3 is 2.75 bits per heavy atom. The van der Waals surface area contributed by atoms with Crippen molar-refractivity contribution >= 4 is 0 Å². The molecule has 1 unspecified atom stereocenters. The van der Waals surface area contributed by atoms with Gasteiger partial charge in [0.05, 0.1) is 12.4 Å². The summed E-state index contributed by atoms with van der Waals surface area (Å²) in [4.78, 5) is 19.4. The first-order chi connectivity index (χ1) is 9.72. The number of nitrogens with one attached hydrogen (secondary N) is 1. The Hall–Kier alpha value is -2.61. The first kappa shape index (κ1) is 12.4. The number of aromatic amines is 1. The molecule has 0 amide bonds. The van der Waals surface area contributed by atoms with E-state index < -0.39 is 6.04 Å². The number of nitrogens with two attached hydrogens (primary N) is 1. The minimum absolute atomic E-state index is 0.333. The maximum atomic E-state index is 6.02. The van der Waals surface area contributed by atoms with Gasteiger partial charge in [-0.3, -0.25) is 0 Å². The lowest BCUT2D eigenvalue weighted by Crippen LogP contribution is -2.14. The fourth-order valence-electron chi connectivity index (χ4n) is 1.71. The van der Waals surface area contributed by atoms with Crippen LogP contribution in [0, 0.1) is 6.92 Å². The monoisotopic (exact) mass is 271 g/mol. The summed E-state index contributed by atoms with van der Waals surface area (Å²) < 4.78 is 5.16. The topological polar surface area (TPSA) is 119 Å². The third kappa shape index (κ3) is 2.54. The highest BCUT2D eigenvalue weighted by Crippen LogP contribution is 2.16. The van der Waals surface area contributed by atoms with E-state index in [1.807, 2.05) is 6.92 Å². The lowest BCUT2D eigenvalue weighted by Gasteiger charge is -2.03. The Morgan fingerprint density at radius 2 is 2.05 bits per heavy atom. The number of hydrogen-bond donors (Lipinski definition) is 2. The molecule has 1 atom stereocenters. The van der Waals surface area contributed by atoms with Gasteiger partial charge in [0.2, 0.25) is 17.5 Å². The first-order valence-corrected chi connectivity index (χ1v) is 6.08. The predicted molar refractivity (Wildman–Crippen MR) is 69.3 cm³/mol. The molecule has 3 aromatic heterocycles. The molecule has 3 rings (SSSR count). The lowest BCUT2D eigenvalue weighted by molar-refractivity contribution is 0.353. The molecule has 3 aromatic rings. The van der Waals surface area contributed by atoms with E-state index in [4.69, 9.17) is 10.3 Å². The molecule has 0 aliphatic heterocycles. The average Bonchev–Trinajstić information content (AvgIpc) is 3.10. The van der Waals surface area contributed by atoms with Crippen LogP contribution in [0.1, 0.15) is 23.2 Å². The van der Waals surface area contributed by atoms with E-state index in [1.165, 1.54) is 0 Å². The molecule has 0 aliphatic rings. The van der Waals surface area contributed by atoms with E-state index in [0.717, 1.165) is 11.3 Å². The highest BCUT2D eigenvalue weighted by molar-refractivity contribution is 5.41. The fraction of sp³-hybridized carbons (Fsp3) is 0.250. The summed E-state index contributed by atoms with van der Waals surface area (Å²) in [6.45, 7) is 1.91. The summed E-state index contributed by atoms with van der Waals surface area (Å²) in [5, 5.41) is 3.85. The van der Waals surface area contributed by atoms with Crippen LogP contribution in [0.2, 0.25) is 0 Å². The number of nitrogens with zero attached hydrogens (tertiary/aromatic N) is 5. The Labute approximate surface area is 114 Å². The predicted octanol–water partition coefficient (Wildman–Crippen LogP) is 0.801. The van der Waals surface area contributed by atoms with Crippen LogP contribution in [0.25, 0.3) is 11.6 Å². The molecule has 102 valence electrons. The van der Waals surface area contributed by atoms with Gasteiger partial charge in [-0.1, -0.05) is 5.16 Å². The van der Waals surface area contributed by atoms with E-state index in [0.29, 0.717) is 24.0 Å². The highest BCUT2D eigenvalue weighted by atomic mass is 16.5. The van der Waals surface area contributed by atoms with Crippen molar-refractivity contribution in [2.45, 2.75) is 19.4 Å². The third-order valence-corrected chi connectivity index (χ3v) is 2.73. The van der Waals surface area contributed by atoms with E-state index in [9.17, 15) is 0 Å². The van der Waals surface area contributed by atoms with Crippen molar-refractivity contribution < 1.29 is 4.52 Å². The fourth-order valence-corrected chi connectivity index (χ4v) is 1.71. The van der Waals surface area contributed by atoms with Gasteiger partial charge in [-0.2, -0.15) is 4.98 Å². The maximum Gasteiger partial charge on any atom is 0.244 e. The molecular weight excluding hydrogens is 258 g/mol. The molecule has 0 bridgehead atoms. The normalized spacial score (nSPS) is 12.5. The summed E-state index contributed by atoms with van der Waals surface area (Å²) >= 11 is 0. The van der Waals surface area contributed by atoms with Gasteiger partial charge in [0.25, 0.3) is 0 Å². The Bertz CT molecular complexity index is 674. The van der Waals surface area contributed by atoms with Gasteiger partial charge in [0.1, 0.15) is 0 Å². The molecule has 0 fully saturated rings. The molecule has 0 saturated heterocycles. The van der Waals surface area contributed by atoms with Crippen LogP contribution < -0.4 is 5.73 Å². The van der Waals surface area contributed by atoms with Crippen LogP contribution in [-0.2, 0) is 6.42 Å². The van der Waals surface area contributed by atoms with Crippen molar-refractivity contribution in [1.29, 1.82) is 0 Å². The van der Waals surface area contributed by atoms with E-state index >= 15 is 0 Å². The minimum atomic E-state index is -0.401. The molecule has 8 heteroatoms. The van der Waals surface area contributed by atoms with Gasteiger partial charge >= 0.3 is 0 Å². The van der Waals surface area contributed by atoms with Crippen molar-refractivity contribution in [2.24, 2.45) is 5.73 Å². The van der Waals surface area contributed by atoms with Crippen molar-refractivity contribution in [3.63, 3.8) is 0 Å². The zero-order valence-electron chi connectivity index (χ0n) is 10.8. The van der Waals surface area contributed by atoms with Crippen molar-refractivity contribution in [1.82, 2.24) is 30.1 Å². The van der Waals surface area contributed by atoms with E-state index in [-0.39, 0.29) is 0 Å². The van der Waals surface area contributed by atoms with Gasteiger partial charge in [-0.15, -0.1) is 0 Å². The second-order valence-electron chi connectivity index (χ2n) is 4.43. The molecule has 0 spiro atoms. The second kappa shape index (κ2) is 5.17. The molecular formula is C12H13N7O. The molecule has 0 aromatic carbocycles. The molecule has 0 radical (unpaired) electrons. The molecule has 0 saturated carbocycles. The standard InChI is InChI=1S/C12H13N7O/c1-7-3-15-10(16-4-7)11-18-12(20-19-11)9(13)2-8-5-14-6-17-8/h3-6,9H,2,13H2,1H3,(H,14,17). The average molecular weight is 271 g/mol. The number of H-pyrrole nitrogens is 1. The van der Waals surface area contributed by atoms with E-state index in [2.05, 4.69) is 30.1 Å². The Kier molecular flexibility index (Phi) is 3.21. The minimum Gasteiger partial charge on any atom is -0.348 e. The summed E-state index contributed by atoms with van der Waals surface area (Å²) in [6, 6.07) is -0.401. The number of aryl methyl sites for hydroxylation is 1. The summed E-state index contributed by atoms with van der Waals surface area (Å²) in [7, 11) is 0. The molecule has 3 N–H and O–H groups in total. The van der Waals surface area contributed by atoms with Crippen LogP contribution >= 0.6 is 0 Å². The summed E-state index contributed by atoms with van der Waals surface area (Å²) in [5.74, 6) is 1.10. The van der Waals surface area contributed by atoms with E-state index in [1.54, 1.807) is 24.9 Å². The molecule has 0 aliphatic carbocycles. The van der Waals surface area contributed by atoms with Gasteiger partial charge in [0.15, 0.2) is 0 Å². The first-order valence-electron chi connectivity index (χ1n) is 6.08. The zero-order chi connectivity index (χ0) is 13.9. The van der Waals surface area contributed by atoms with Crippen LogP contribution in [0.15, 0.2) is 29.4 Å². The zero-order valence-corrected chi connectivity index (χ0v) is 10.8. The molecule has 8 nitrogen and oxygen atoms in total. The number of hydrogen-bond acceptors (Lipinski definition) is 7. The van der Waals surface area contributed by atoms with Crippen molar-refractivity contribution in [3.05, 3.63) is 42.1 Å². The van der Waals surface area contributed by atoms with Gasteiger partial charge < -0.3 is 15.2 Å². The Balaban J connectivity index is 1.77. The largest absolute Gasteiger partial charge is 0.348 e. The van der Waals surface area contributed by atoms with Crippen LogP contribution in [0.3, 0.4) is 0 Å². The number of rotatable bonds is 4. The van der Waals surface area contributed by atoms with Crippen molar-refractivity contribution in [2.75, 3.05) is 0 Å². The van der Waals surface area contributed by atoms with Crippen LogP contribution in [0.4, 0.5) is 0 Å². The maximum absolute atomic E-state index is 6.02. The van der Waals surface area contributed by atoms with Gasteiger partial charge in [-0.25, -0.2) is 15.0 Å². The van der Waals surface area contributed by atoms with Gasteiger partial charge in [-0.05, 0) is 12.5 Å². The second-order valence-corrected chi connectivity index (χ2v) is 4.43. The SMILES string of the molecule is Cc1cnc(-c2noc(C(N)Cc3cnc[nH]3)n2)nc1. The molecule has 3 heterocycles. The van der Waals surface area contributed by atoms with Gasteiger partial charge in [0, 0.05) is 30.7 Å². The molecule has 20 heavy (non-hydrogen) atoms. The number of imidazole rings is 1. The quantitative estimate of drug-likeness (QED) is 0.720.